The zero-order valence-electron chi connectivity index (χ0n) is 5.81. The molecule has 1 atom stereocenters. The van der Waals surface area contributed by atoms with E-state index >= 15 is 0 Å². The van der Waals surface area contributed by atoms with Crippen LogP contribution in [0.2, 0.25) is 0 Å². The minimum Gasteiger partial charge on any atom is -0.573 e. The van der Waals surface area contributed by atoms with Crippen molar-refractivity contribution < 1.29 is 4.55 Å². The fourth-order valence-corrected chi connectivity index (χ4v) is 1.01. The van der Waals surface area contributed by atoms with Crippen molar-refractivity contribution in [3.63, 3.8) is 0 Å². The van der Waals surface area contributed by atoms with Gasteiger partial charge < -0.3 is 4.55 Å². The normalized spacial score (nSPS) is 12.6. The molecule has 0 radical (unpaired) electrons. The minimum absolute atomic E-state index is 0.633. The molecule has 0 saturated heterocycles. The summed E-state index contributed by atoms with van der Waals surface area (Å²) in [4.78, 5) is 0. The fourth-order valence-electron chi connectivity index (χ4n) is 0.679. The SMILES string of the molecule is NN(c1ccccc1)[S+](N)[O-]. The van der Waals surface area contributed by atoms with E-state index in [2.05, 4.69) is 0 Å². The van der Waals surface area contributed by atoms with E-state index in [1.807, 2.05) is 6.07 Å². The predicted octanol–water partition coefficient (Wildman–Crippen LogP) is -0.0959. The maximum Gasteiger partial charge on any atom is 0.179 e. The first-order valence-corrected chi connectivity index (χ1v) is 4.15. The maximum atomic E-state index is 10.6. The molecule has 1 aromatic carbocycles. The van der Waals surface area contributed by atoms with Gasteiger partial charge in [0.2, 0.25) is 0 Å². The largest absolute Gasteiger partial charge is 0.573 e. The van der Waals surface area contributed by atoms with E-state index in [0.717, 1.165) is 4.41 Å². The number of hydrazine groups is 1. The van der Waals surface area contributed by atoms with Gasteiger partial charge in [-0.05, 0) is 12.1 Å². The molecular formula is C6H9N3OS. The number of benzene rings is 1. The Morgan fingerprint density at radius 3 is 2.27 bits per heavy atom. The number of anilines is 1. The molecule has 1 unspecified atom stereocenters. The van der Waals surface area contributed by atoms with Gasteiger partial charge in [0.25, 0.3) is 0 Å². The van der Waals surface area contributed by atoms with Crippen molar-refractivity contribution in [1.29, 1.82) is 0 Å². The highest BCUT2D eigenvalue weighted by atomic mass is 32.2. The number of para-hydroxylation sites is 1. The summed E-state index contributed by atoms with van der Waals surface area (Å²) in [5.41, 5.74) is 0.633. The topological polar surface area (TPSA) is 78.3 Å². The molecule has 60 valence electrons. The molecular weight excluding hydrogens is 162 g/mol. The molecule has 0 fully saturated rings. The highest BCUT2D eigenvalue weighted by Gasteiger charge is 2.09. The summed E-state index contributed by atoms with van der Waals surface area (Å²) in [6.07, 6.45) is 0. The van der Waals surface area contributed by atoms with Gasteiger partial charge in [0.15, 0.2) is 11.5 Å². The van der Waals surface area contributed by atoms with Gasteiger partial charge in [-0.15, -0.1) is 9.55 Å². The van der Waals surface area contributed by atoms with Gasteiger partial charge in [0, 0.05) is 0 Å². The van der Waals surface area contributed by atoms with Crippen LogP contribution in [0.4, 0.5) is 5.69 Å². The van der Waals surface area contributed by atoms with Crippen molar-refractivity contribution in [2.75, 3.05) is 4.41 Å². The first-order chi connectivity index (χ1) is 5.22. The molecule has 5 heteroatoms. The van der Waals surface area contributed by atoms with Gasteiger partial charge in [-0.1, -0.05) is 18.2 Å². The van der Waals surface area contributed by atoms with E-state index in [0.29, 0.717) is 5.69 Å². The lowest BCUT2D eigenvalue weighted by Crippen LogP contribution is -2.42. The summed E-state index contributed by atoms with van der Waals surface area (Å²) in [6, 6.07) is 8.89. The van der Waals surface area contributed by atoms with Gasteiger partial charge in [-0.3, -0.25) is 0 Å². The van der Waals surface area contributed by atoms with Crippen LogP contribution in [0, 0.1) is 0 Å². The third kappa shape index (κ3) is 2.09. The van der Waals surface area contributed by atoms with Crippen molar-refractivity contribution in [1.82, 2.24) is 0 Å². The molecule has 0 aliphatic rings. The Bertz CT molecular complexity index is 216. The first kappa shape index (κ1) is 8.35. The summed E-state index contributed by atoms with van der Waals surface area (Å²) in [7, 11) is 0. The van der Waals surface area contributed by atoms with Crippen molar-refractivity contribution in [2.45, 2.75) is 0 Å². The minimum atomic E-state index is -1.65. The summed E-state index contributed by atoms with van der Waals surface area (Å²) in [5, 5.41) is 5.04. The number of hydrogen-bond acceptors (Lipinski definition) is 4. The third-order valence-electron chi connectivity index (χ3n) is 1.20. The van der Waals surface area contributed by atoms with Crippen LogP contribution >= 0.6 is 0 Å². The molecule has 0 aliphatic carbocycles. The molecule has 0 bridgehead atoms. The van der Waals surface area contributed by atoms with E-state index in [1.54, 1.807) is 24.3 Å². The Kier molecular flexibility index (Phi) is 2.72. The molecule has 4 nitrogen and oxygen atoms in total. The van der Waals surface area contributed by atoms with Crippen LogP contribution in [0.3, 0.4) is 0 Å². The summed E-state index contributed by atoms with van der Waals surface area (Å²) < 4.78 is 11.6. The van der Waals surface area contributed by atoms with E-state index in [9.17, 15) is 4.55 Å². The smallest absolute Gasteiger partial charge is 0.179 e. The second kappa shape index (κ2) is 3.59. The van der Waals surface area contributed by atoms with E-state index in [1.165, 1.54) is 0 Å². The lowest BCUT2D eigenvalue weighted by atomic mass is 10.3. The van der Waals surface area contributed by atoms with Crippen LogP contribution in [0.25, 0.3) is 0 Å². The highest BCUT2D eigenvalue weighted by molar-refractivity contribution is 7.90. The van der Waals surface area contributed by atoms with Crippen molar-refractivity contribution in [3.8, 4) is 0 Å². The summed E-state index contributed by atoms with van der Waals surface area (Å²) >= 11 is -1.65. The van der Waals surface area contributed by atoms with E-state index in [-0.39, 0.29) is 0 Å². The average molecular weight is 171 g/mol. The lowest BCUT2D eigenvalue weighted by molar-refractivity contribution is 0.592. The number of rotatable bonds is 2. The zero-order valence-corrected chi connectivity index (χ0v) is 6.62. The maximum absolute atomic E-state index is 10.6. The van der Waals surface area contributed by atoms with Crippen molar-refractivity contribution >= 4 is 17.2 Å². The zero-order chi connectivity index (χ0) is 8.27. The molecule has 11 heavy (non-hydrogen) atoms. The van der Waals surface area contributed by atoms with Gasteiger partial charge in [0.1, 0.15) is 5.69 Å². The van der Waals surface area contributed by atoms with Crippen LogP contribution in [0.1, 0.15) is 0 Å². The molecule has 0 aliphatic heterocycles. The molecule has 0 aromatic heterocycles. The second-order valence-electron chi connectivity index (χ2n) is 1.94. The van der Waals surface area contributed by atoms with Crippen molar-refractivity contribution in [2.24, 2.45) is 11.0 Å². The first-order valence-electron chi connectivity index (χ1n) is 2.98. The molecule has 0 amide bonds. The summed E-state index contributed by atoms with van der Waals surface area (Å²) in [6.45, 7) is 0. The van der Waals surface area contributed by atoms with Gasteiger partial charge >= 0.3 is 0 Å². The molecule has 4 N–H and O–H groups in total. The lowest BCUT2D eigenvalue weighted by Gasteiger charge is -2.15. The standard InChI is InChI=1S/C6H9N3OS/c7-9(11(8)10)6-4-2-1-3-5-6/h1-5H,7-8H2. The third-order valence-corrected chi connectivity index (χ3v) is 1.80. The Morgan fingerprint density at radius 1 is 1.27 bits per heavy atom. The molecule has 1 aromatic rings. The average Bonchev–Trinajstić information content (AvgIpc) is 2.05. The van der Waals surface area contributed by atoms with E-state index < -0.39 is 11.5 Å². The van der Waals surface area contributed by atoms with Crippen LogP contribution in [-0.2, 0) is 11.5 Å². The number of nitrogens with two attached hydrogens (primary N) is 2. The Balaban J connectivity index is 2.77. The number of hydrogen-bond donors (Lipinski definition) is 2. The van der Waals surface area contributed by atoms with Gasteiger partial charge in [-0.25, -0.2) is 5.84 Å². The van der Waals surface area contributed by atoms with E-state index in [4.69, 9.17) is 11.0 Å². The monoisotopic (exact) mass is 171 g/mol. The van der Waals surface area contributed by atoms with Crippen LogP contribution < -0.4 is 15.4 Å². The molecule has 0 spiro atoms. The quantitative estimate of drug-likeness (QED) is 0.370. The Labute approximate surface area is 68.2 Å². The molecule has 0 saturated carbocycles. The predicted molar refractivity (Wildman–Crippen MR) is 45.4 cm³/mol. The molecule has 0 heterocycles. The fraction of sp³-hybridized carbons (Fsp3) is 0. The van der Waals surface area contributed by atoms with Crippen LogP contribution in [0.5, 0.6) is 0 Å². The van der Waals surface area contributed by atoms with Crippen molar-refractivity contribution in [3.05, 3.63) is 30.3 Å². The van der Waals surface area contributed by atoms with Crippen LogP contribution in [0.15, 0.2) is 30.3 Å². The summed E-state index contributed by atoms with van der Waals surface area (Å²) in [5.74, 6) is 5.35. The molecule has 1 rings (SSSR count). The van der Waals surface area contributed by atoms with Gasteiger partial charge in [-0.2, -0.15) is 0 Å². The second-order valence-corrected chi connectivity index (χ2v) is 2.88. The van der Waals surface area contributed by atoms with Crippen LogP contribution in [-0.4, -0.2) is 4.55 Å². The van der Waals surface area contributed by atoms with Gasteiger partial charge in [0.05, 0.1) is 0 Å². The number of nitrogens with zero attached hydrogens (tertiary/aromatic N) is 1. The Hall–Kier alpha value is -0.750. The Morgan fingerprint density at radius 2 is 1.82 bits per heavy atom. The highest BCUT2D eigenvalue weighted by Crippen LogP contribution is 2.10.